The van der Waals surface area contributed by atoms with Crippen molar-refractivity contribution in [3.63, 3.8) is 0 Å². The number of aliphatic carboxylic acids is 1. The molecule has 0 aromatic carbocycles. The van der Waals surface area contributed by atoms with Gasteiger partial charge >= 0.3 is 5.97 Å². The minimum Gasteiger partial charge on any atom is -0.481 e. The number of nitrogens with zero attached hydrogens (tertiary/aromatic N) is 1. The van der Waals surface area contributed by atoms with E-state index in [1.807, 2.05) is 20.8 Å². The Bertz CT molecular complexity index is 293. The van der Waals surface area contributed by atoms with Crippen LogP contribution < -0.4 is 5.32 Å². The Labute approximate surface area is 102 Å². The second-order valence-electron chi connectivity index (χ2n) is 4.71. The Hall–Kier alpha value is -1.10. The first kappa shape index (κ1) is 14.0. The maximum Gasteiger partial charge on any atom is 0.308 e. The van der Waals surface area contributed by atoms with Gasteiger partial charge < -0.3 is 15.3 Å². The maximum atomic E-state index is 12.1. The van der Waals surface area contributed by atoms with Crippen molar-refractivity contribution in [1.29, 1.82) is 0 Å². The summed E-state index contributed by atoms with van der Waals surface area (Å²) in [5, 5.41) is 12.2. The van der Waals surface area contributed by atoms with Crippen molar-refractivity contribution in [2.75, 3.05) is 19.6 Å². The fourth-order valence-electron chi connectivity index (χ4n) is 2.31. The topological polar surface area (TPSA) is 69.6 Å². The van der Waals surface area contributed by atoms with E-state index in [4.69, 9.17) is 5.11 Å². The number of likely N-dealkylation sites (tertiary alicyclic amines) is 1. The minimum atomic E-state index is -0.799. The van der Waals surface area contributed by atoms with E-state index in [0.29, 0.717) is 19.5 Å². The molecule has 1 saturated heterocycles. The molecule has 5 nitrogen and oxygen atoms in total. The van der Waals surface area contributed by atoms with Gasteiger partial charge in [0.25, 0.3) is 0 Å². The van der Waals surface area contributed by atoms with Crippen LogP contribution in [0.5, 0.6) is 0 Å². The summed E-state index contributed by atoms with van der Waals surface area (Å²) in [5.41, 5.74) is 0. The van der Waals surface area contributed by atoms with Gasteiger partial charge in [0, 0.05) is 25.0 Å². The summed E-state index contributed by atoms with van der Waals surface area (Å²) in [4.78, 5) is 24.8. The molecule has 1 fully saturated rings. The second-order valence-corrected chi connectivity index (χ2v) is 4.71. The number of hydrogen-bond donors (Lipinski definition) is 2. The van der Waals surface area contributed by atoms with Crippen LogP contribution in [0.2, 0.25) is 0 Å². The lowest BCUT2D eigenvalue weighted by Crippen LogP contribution is -2.42. The average molecular weight is 242 g/mol. The first-order valence-electron chi connectivity index (χ1n) is 6.23. The molecule has 0 bridgehead atoms. The smallest absolute Gasteiger partial charge is 0.308 e. The molecule has 5 heteroatoms. The summed E-state index contributed by atoms with van der Waals surface area (Å²) in [5.74, 6) is -1.25. The zero-order valence-electron chi connectivity index (χ0n) is 10.8. The molecule has 1 aliphatic rings. The van der Waals surface area contributed by atoms with Crippen LogP contribution in [0.1, 0.15) is 27.2 Å². The van der Waals surface area contributed by atoms with E-state index in [0.717, 1.165) is 6.54 Å². The van der Waals surface area contributed by atoms with Crippen LogP contribution in [0.4, 0.5) is 0 Å². The Kier molecular flexibility index (Phi) is 4.93. The highest BCUT2D eigenvalue weighted by Gasteiger charge is 2.39. The van der Waals surface area contributed by atoms with Gasteiger partial charge in [-0.2, -0.15) is 0 Å². The number of carbonyl (C=O) groups is 2. The molecule has 17 heavy (non-hydrogen) atoms. The molecule has 3 unspecified atom stereocenters. The zero-order chi connectivity index (χ0) is 13.0. The predicted octanol–water partition coefficient (Wildman–Crippen LogP) is 0.554. The van der Waals surface area contributed by atoms with Crippen LogP contribution in [-0.2, 0) is 9.59 Å². The van der Waals surface area contributed by atoms with Crippen LogP contribution in [-0.4, -0.2) is 47.6 Å². The molecule has 0 aromatic heterocycles. The summed E-state index contributed by atoms with van der Waals surface area (Å²) in [6.45, 7) is 7.75. The van der Waals surface area contributed by atoms with Gasteiger partial charge in [0.1, 0.15) is 0 Å². The van der Waals surface area contributed by atoms with Crippen LogP contribution in [0.25, 0.3) is 0 Å². The van der Waals surface area contributed by atoms with Crippen molar-refractivity contribution in [2.24, 2.45) is 11.8 Å². The van der Waals surface area contributed by atoms with Crippen molar-refractivity contribution in [1.82, 2.24) is 10.2 Å². The lowest BCUT2D eigenvalue weighted by molar-refractivity contribution is -0.143. The zero-order valence-corrected chi connectivity index (χ0v) is 10.8. The summed E-state index contributed by atoms with van der Waals surface area (Å²) >= 11 is 0. The summed E-state index contributed by atoms with van der Waals surface area (Å²) in [6.07, 6.45) is 0.566. The number of nitrogens with one attached hydrogen (secondary N) is 1. The molecule has 0 spiro atoms. The average Bonchev–Trinajstić information content (AvgIpc) is 2.67. The number of carboxylic acids is 1. The van der Waals surface area contributed by atoms with Crippen LogP contribution >= 0.6 is 0 Å². The maximum absolute atomic E-state index is 12.1. The highest BCUT2D eigenvalue weighted by Crippen LogP contribution is 2.25. The van der Waals surface area contributed by atoms with Gasteiger partial charge in [-0.1, -0.05) is 13.8 Å². The Morgan fingerprint density at radius 2 is 2.18 bits per heavy atom. The largest absolute Gasteiger partial charge is 0.481 e. The normalized spacial score (nSPS) is 25.9. The van der Waals surface area contributed by atoms with Crippen molar-refractivity contribution in [2.45, 2.75) is 33.2 Å². The fourth-order valence-corrected chi connectivity index (χ4v) is 2.31. The number of amides is 1. The molecule has 1 heterocycles. The number of hydrogen-bond acceptors (Lipinski definition) is 3. The van der Waals surface area contributed by atoms with Crippen LogP contribution in [0.15, 0.2) is 0 Å². The molecule has 98 valence electrons. The molecule has 1 rings (SSSR count). The SMILES string of the molecule is CCNCC(C)C(=O)N1CCC(C(=O)O)C1C. The third-order valence-electron chi connectivity index (χ3n) is 3.48. The molecule has 0 aromatic rings. The van der Waals surface area contributed by atoms with Gasteiger partial charge in [-0.05, 0) is 19.9 Å². The number of carbonyl (C=O) groups excluding carboxylic acids is 1. The van der Waals surface area contributed by atoms with Crippen LogP contribution in [0, 0.1) is 11.8 Å². The molecule has 3 atom stereocenters. The van der Waals surface area contributed by atoms with Gasteiger partial charge in [0.15, 0.2) is 0 Å². The van der Waals surface area contributed by atoms with Crippen molar-refractivity contribution in [3.8, 4) is 0 Å². The molecule has 1 amide bonds. The lowest BCUT2D eigenvalue weighted by Gasteiger charge is -2.26. The van der Waals surface area contributed by atoms with Crippen molar-refractivity contribution in [3.05, 3.63) is 0 Å². The Morgan fingerprint density at radius 3 is 2.65 bits per heavy atom. The van der Waals surface area contributed by atoms with Gasteiger partial charge in [0.05, 0.1) is 5.92 Å². The second kappa shape index (κ2) is 6.00. The monoisotopic (exact) mass is 242 g/mol. The minimum absolute atomic E-state index is 0.0576. The molecule has 0 saturated carbocycles. The van der Waals surface area contributed by atoms with Gasteiger partial charge in [0.2, 0.25) is 5.91 Å². The van der Waals surface area contributed by atoms with E-state index in [2.05, 4.69) is 5.32 Å². The lowest BCUT2D eigenvalue weighted by atomic mass is 10.0. The highest BCUT2D eigenvalue weighted by molar-refractivity contribution is 5.81. The third kappa shape index (κ3) is 3.19. The molecule has 2 N–H and O–H groups in total. The summed E-state index contributed by atoms with van der Waals surface area (Å²) in [6, 6.07) is -0.191. The van der Waals surface area contributed by atoms with Crippen molar-refractivity contribution < 1.29 is 14.7 Å². The van der Waals surface area contributed by atoms with Gasteiger partial charge in [-0.25, -0.2) is 0 Å². The quantitative estimate of drug-likeness (QED) is 0.739. The van der Waals surface area contributed by atoms with Crippen molar-refractivity contribution >= 4 is 11.9 Å². The standard InChI is InChI=1S/C12H22N2O3/c1-4-13-7-8(2)11(15)14-6-5-10(9(14)3)12(16)17/h8-10,13H,4-7H2,1-3H3,(H,16,17). The summed E-state index contributed by atoms with van der Waals surface area (Å²) < 4.78 is 0. The van der Waals surface area contributed by atoms with E-state index < -0.39 is 11.9 Å². The number of carboxylic acid groups (broad SMARTS) is 1. The number of rotatable bonds is 5. The summed E-state index contributed by atoms with van der Waals surface area (Å²) in [7, 11) is 0. The molecular weight excluding hydrogens is 220 g/mol. The van der Waals surface area contributed by atoms with E-state index in [9.17, 15) is 9.59 Å². The first-order chi connectivity index (χ1) is 7.99. The molecular formula is C12H22N2O3. The van der Waals surface area contributed by atoms with E-state index in [-0.39, 0.29) is 17.9 Å². The first-order valence-corrected chi connectivity index (χ1v) is 6.23. The van der Waals surface area contributed by atoms with E-state index in [1.54, 1.807) is 4.90 Å². The Balaban J connectivity index is 2.56. The molecule has 0 aliphatic carbocycles. The Morgan fingerprint density at radius 1 is 1.53 bits per heavy atom. The highest BCUT2D eigenvalue weighted by atomic mass is 16.4. The predicted molar refractivity (Wildman–Crippen MR) is 64.6 cm³/mol. The molecule has 1 aliphatic heterocycles. The van der Waals surface area contributed by atoms with Gasteiger partial charge in [-0.3, -0.25) is 9.59 Å². The van der Waals surface area contributed by atoms with E-state index >= 15 is 0 Å². The third-order valence-corrected chi connectivity index (χ3v) is 3.48. The van der Waals surface area contributed by atoms with Crippen LogP contribution in [0.3, 0.4) is 0 Å². The fraction of sp³-hybridized carbons (Fsp3) is 0.833. The van der Waals surface area contributed by atoms with Gasteiger partial charge in [-0.15, -0.1) is 0 Å². The van der Waals surface area contributed by atoms with E-state index in [1.165, 1.54) is 0 Å². The molecule has 0 radical (unpaired) electrons.